The van der Waals surface area contributed by atoms with Gasteiger partial charge >= 0.3 is 12.1 Å². The van der Waals surface area contributed by atoms with Crippen LogP contribution in [-0.2, 0) is 14.4 Å². The number of nitrogens with zero attached hydrogens (tertiary/aromatic N) is 4. The first-order valence-corrected chi connectivity index (χ1v) is 7.83. The van der Waals surface area contributed by atoms with E-state index in [2.05, 4.69) is 5.10 Å². The van der Waals surface area contributed by atoms with Gasteiger partial charge in [-0.3, -0.25) is 19.1 Å². The maximum absolute atomic E-state index is 13.0. The summed E-state index contributed by atoms with van der Waals surface area (Å²) in [6.07, 6.45) is -1.65. The van der Waals surface area contributed by atoms with Crippen molar-refractivity contribution in [2.45, 2.75) is 19.1 Å². The molecule has 0 aliphatic carbocycles. The normalized spacial score (nSPS) is 21.5. The monoisotopic (exact) mass is 376 g/mol. The second-order valence-corrected chi connectivity index (χ2v) is 6.25. The van der Waals surface area contributed by atoms with Gasteiger partial charge in [0, 0.05) is 32.5 Å². The molecule has 1 aromatic rings. The van der Waals surface area contributed by atoms with Crippen molar-refractivity contribution in [1.29, 1.82) is 0 Å². The Morgan fingerprint density at radius 1 is 1.35 bits per heavy atom. The number of likely N-dealkylation sites (N-methyl/N-ethyl adjacent to an activating group) is 1. The average Bonchev–Trinajstić information content (AvgIpc) is 3.21. The summed E-state index contributed by atoms with van der Waals surface area (Å²) in [6.45, 7) is -0.126. The Kier molecular flexibility index (Phi) is 5.57. The third-order valence-corrected chi connectivity index (χ3v) is 4.44. The Morgan fingerprint density at radius 2 is 2.00 bits per heavy atom. The summed E-state index contributed by atoms with van der Waals surface area (Å²) in [4.78, 5) is 37.6. The third-order valence-electron chi connectivity index (χ3n) is 4.44. The zero-order valence-corrected chi connectivity index (χ0v) is 14.2. The lowest BCUT2D eigenvalue weighted by Gasteiger charge is -2.24. The van der Waals surface area contributed by atoms with E-state index in [1.165, 1.54) is 17.9 Å². The first-order chi connectivity index (χ1) is 12.0. The van der Waals surface area contributed by atoms with Crippen molar-refractivity contribution in [3.05, 3.63) is 18.5 Å². The fourth-order valence-electron chi connectivity index (χ4n) is 2.91. The molecular formula is C15H19F3N4O4. The van der Waals surface area contributed by atoms with Crippen LogP contribution in [0.3, 0.4) is 0 Å². The van der Waals surface area contributed by atoms with E-state index in [1.807, 2.05) is 0 Å². The standard InChI is InChI=1S/C15H19F3N4O4/c1-9(22-5-3-4-19-22)13(24)20(2)8-12(23)21-6-10(14(25)26)11(7-21)15(16,17)18/h3-5,9-11H,6-8H2,1-2H3,(H,25,26)/t9?,10-,11-/m1/s1. The molecule has 1 fully saturated rings. The SMILES string of the molecule is CC(C(=O)N(C)CC(=O)N1C[C@@H](C(F)(F)F)[C@H](C(=O)O)C1)n1cccn1. The molecule has 0 spiro atoms. The second-order valence-electron chi connectivity index (χ2n) is 6.25. The Hall–Kier alpha value is -2.59. The lowest BCUT2D eigenvalue weighted by molar-refractivity contribution is -0.188. The maximum Gasteiger partial charge on any atom is 0.394 e. The fourth-order valence-corrected chi connectivity index (χ4v) is 2.91. The first-order valence-electron chi connectivity index (χ1n) is 7.83. The number of carboxylic acids is 1. The highest BCUT2D eigenvalue weighted by Gasteiger charge is 2.53. The number of aliphatic carboxylic acids is 1. The highest BCUT2D eigenvalue weighted by atomic mass is 19.4. The number of aromatic nitrogens is 2. The number of likely N-dealkylation sites (tertiary alicyclic amines) is 1. The van der Waals surface area contributed by atoms with Gasteiger partial charge in [-0.2, -0.15) is 18.3 Å². The number of amides is 2. The Bertz CT molecular complexity index is 677. The predicted octanol–water partition coefficient (Wildman–Crippen LogP) is 0.624. The van der Waals surface area contributed by atoms with E-state index >= 15 is 0 Å². The number of rotatable bonds is 5. The van der Waals surface area contributed by atoms with E-state index in [1.54, 1.807) is 19.2 Å². The predicted molar refractivity (Wildman–Crippen MR) is 81.8 cm³/mol. The number of carbonyl (C=O) groups is 3. The van der Waals surface area contributed by atoms with Crippen LogP contribution in [0.2, 0.25) is 0 Å². The molecular weight excluding hydrogens is 357 g/mol. The van der Waals surface area contributed by atoms with Crippen LogP contribution in [0.1, 0.15) is 13.0 Å². The van der Waals surface area contributed by atoms with Gasteiger partial charge < -0.3 is 14.9 Å². The van der Waals surface area contributed by atoms with Crippen molar-refractivity contribution >= 4 is 17.8 Å². The number of carbonyl (C=O) groups excluding carboxylic acids is 2. The Labute approximate surface area is 147 Å². The van der Waals surface area contributed by atoms with Crippen LogP contribution < -0.4 is 0 Å². The minimum Gasteiger partial charge on any atom is -0.481 e. The summed E-state index contributed by atoms with van der Waals surface area (Å²) < 4.78 is 40.3. The van der Waals surface area contributed by atoms with Gasteiger partial charge in [-0.15, -0.1) is 0 Å². The Morgan fingerprint density at radius 3 is 2.46 bits per heavy atom. The second kappa shape index (κ2) is 7.34. The summed E-state index contributed by atoms with van der Waals surface area (Å²) in [6, 6.07) is 0.943. The van der Waals surface area contributed by atoms with Crippen LogP contribution in [0.15, 0.2) is 18.5 Å². The third kappa shape index (κ3) is 4.14. The molecule has 1 unspecified atom stereocenters. The zero-order chi connectivity index (χ0) is 19.6. The largest absolute Gasteiger partial charge is 0.481 e. The zero-order valence-electron chi connectivity index (χ0n) is 14.2. The molecule has 2 rings (SSSR count). The molecule has 2 heterocycles. The molecule has 26 heavy (non-hydrogen) atoms. The highest BCUT2D eigenvalue weighted by Crippen LogP contribution is 2.37. The highest BCUT2D eigenvalue weighted by molar-refractivity contribution is 5.87. The van der Waals surface area contributed by atoms with Gasteiger partial charge in [-0.25, -0.2) is 0 Å². The first kappa shape index (κ1) is 19.7. The maximum atomic E-state index is 13.0. The van der Waals surface area contributed by atoms with Gasteiger partial charge in [0.1, 0.15) is 6.04 Å². The van der Waals surface area contributed by atoms with Crippen LogP contribution >= 0.6 is 0 Å². The molecule has 0 bridgehead atoms. The Balaban J connectivity index is 2.01. The molecule has 11 heteroatoms. The van der Waals surface area contributed by atoms with E-state index in [9.17, 15) is 27.6 Å². The molecule has 1 saturated heterocycles. The van der Waals surface area contributed by atoms with Crippen molar-refractivity contribution in [2.75, 3.05) is 26.7 Å². The van der Waals surface area contributed by atoms with E-state index in [-0.39, 0.29) is 0 Å². The van der Waals surface area contributed by atoms with Gasteiger partial charge in [-0.05, 0) is 13.0 Å². The van der Waals surface area contributed by atoms with Crippen LogP contribution in [0, 0.1) is 11.8 Å². The van der Waals surface area contributed by atoms with E-state index in [0.29, 0.717) is 0 Å². The molecule has 1 N–H and O–H groups in total. The van der Waals surface area contributed by atoms with Crippen LogP contribution in [-0.4, -0.2) is 75.3 Å². The molecule has 2 amide bonds. The van der Waals surface area contributed by atoms with E-state index < -0.39 is 61.5 Å². The number of halogens is 3. The lowest BCUT2D eigenvalue weighted by atomic mass is 9.96. The summed E-state index contributed by atoms with van der Waals surface area (Å²) in [5.41, 5.74) is 0. The van der Waals surface area contributed by atoms with Gasteiger partial charge in [0.05, 0.1) is 18.4 Å². The van der Waals surface area contributed by atoms with Crippen LogP contribution in [0.4, 0.5) is 13.2 Å². The molecule has 0 aromatic carbocycles. The summed E-state index contributed by atoms with van der Waals surface area (Å²) in [5, 5.41) is 12.9. The van der Waals surface area contributed by atoms with Crippen molar-refractivity contribution in [3.8, 4) is 0 Å². The molecule has 0 saturated carbocycles. The molecule has 0 radical (unpaired) electrons. The summed E-state index contributed by atoms with van der Waals surface area (Å²) >= 11 is 0. The smallest absolute Gasteiger partial charge is 0.394 e. The average molecular weight is 376 g/mol. The van der Waals surface area contributed by atoms with Gasteiger partial charge in [0.25, 0.3) is 0 Å². The number of carboxylic acid groups (broad SMARTS) is 1. The van der Waals surface area contributed by atoms with E-state index in [0.717, 1.165) is 9.80 Å². The molecule has 3 atom stereocenters. The van der Waals surface area contributed by atoms with Crippen LogP contribution in [0.25, 0.3) is 0 Å². The molecule has 1 aromatic heterocycles. The minimum atomic E-state index is -4.71. The fraction of sp³-hybridized carbons (Fsp3) is 0.600. The molecule has 144 valence electrons. The van der Waals surface area contributed by atoms with Crippen molar-refractivity contribution in [2.24, 2.45) is 11.8 Å². The number of hydrogen-bond acceptors (Lipinski definition) is 4. The summed E-state index contributed by atoms with van der Waals surface area (Å²) in [7, 11) is 1.35. The number of alkyl halides is 3. The number of hydrogen-bond donors (Lipinski definition) is 1. The van der Waals surface area contributed by atoms with Crippen molar-refractivity contribution in [1.82, 2.24) is 19.6 Å². The van der Waals surface area contributed by atoms with E-state index in [4.69, 9.17) is 5.11 Å². The van der Waals surface area contributed by atoms with Gasteiger partial charge in [-0.1, -0.05) is 0 Å². The molecule has 1 aliphatic heterocycles. The topological polar surface area (TPSA) is 95.7 Å². The minimum absolute atomic E-state index is 0.441. The van der Waals surface area contributed by atoms with Gasteiger partial charge in [0.15, 0.2) is 0 Å². The molecule has 8 nitrogen and oxygen atoms in total. The summed E-state index contributed by atoms with van der Waals surface area (Å²) in [5.74, 6) is -6.59. The molecule has 1 aliphatic rings. The van der Waals surface area contributed by atoms with Crippen molar-refractivity contribution < 1.29 is 32.7 Å². The van der Waals surface area contributed by atoms with Crippen molar-refractivity contribution in [3.63, 3.8) is 0 Å². The lowest BCUT2D eigenvalue weighted by Crippen LogP contribution is -2.42. The van der Waals surface area contributed by atoms with Crippen LogP contribution in [0.5, 0.6) is 0 Å². The quantitative estimate of drug-likeness (QED) is 0.813. The van der Waals surface area contributed by atoms with Gasteiger partial charge in [0.2, 0.25) is 11.8 Å².